The molecule has 1 aromatic rings. The minimum atomic E-state index is 0.824. The van der Waals surface area contributed by atoms with E-state index in [0.717, 1.165) is 51.7 Å². The van der Waals surface area contributed by atoms with Gasteiger partial charge >= 0.3 is 0 Å². The van der Waals surface area contributed by atoms with Crippen LogP contribution < -0.4 is 10.6 Å². The number of nitrogens with one attached hydrogen (secondary N) is 2. The average molecular weight is 433 g/mol. The number of methoxy groups -OCH3 is 1. The summed E-state index contributed by atoms with van der Waals surface area (Å²) in [5.74, 6) is 0.903. The molecule has 0 atom stereocenters. The molecule has 31 heavy (non-hydrogen) atoms. The Morgan fingerprint density at radius 2 is 1.68 bits per heavy atom. The van der Waals surface area contributed by atoms with Gasteiger partial charge in [0.05, 0.1) is 0 Å². The molecule has 1 aromatic carbocycles. The van der Waals surface area contributed by atoms with E-state index < -0.39 is 0 Å². The van der Waals surface area contributed by atoms with Crippen LogP contribution in [-0.2, 0) is 11.3 Å². The second-order valence-electron chi connectivity index (χ2n) is 8.39. The van der Waals surface area contributed by atoms with E-state index in [0.29, 0.717) is 0 Å². The van der Waals surface area contributed by atoms with Crippen LogP contribution >= 0.6 is 0 Å². The number of benzene rings is 1. The molecule has 0 amide bonds. The fourth-order valence-corrected chi connectivity index (χ4v) is 3.86. The largest absolute Gasteiger partial charge is 0.385 e. The Morgan fingerprint density at radius 1 is 0.968 bits per heavy atom. The fraction of sp³-hybridized carbons (Fsp3) is 0.708. The van der Waals surface area contributed by atoms with Crippen molar-refractivity contribution in [2.24, 2.45) is 4.99 Å². The molecule has 1 aliphatic rings. The molecule has 7 heteroatoms. The van der Waals surface area contributed by atoms with Crippen molar-refractivity contribution in [3.05, 3.63) is 35.9 Å². The van der Waals surface area contributed by atoms with Crippen molar-refractivity contribution < 1.29 is 4.74 Å². The van der Waals surface area contributed by atoms with E-state index in [-0.39, 0.29) is 0 Å². The lowest BCUT2D eigenvalue weighted by Gasteiger charge is -2.34. The van der Waals surface area contributed by atoms with Crippen molar-refractivity contribution >= 4 is 5.96 Å². The Kier molecular flexibility index (Phi) is 13.2. The maximum absolute atomic E-state index is 5.11. The van der Waals surface area contributed by atoms with Gasteiger partial charge in [-0.2, -0.15) is 0 Å². The molecule has 0 aliphatic carbocycles. The molecule has 1 aliphatic heterocycles. The Labute approximate surface area is 189 Å². The Bertz CT molecular complexity index is 589. The van der Waals surface area contributed by atoms with Crippen molar-refractivity contribution in [1.29, 1.82) is 0 Å². The molecule has 1 fully saturated rings. The zero-order valence-corrected chi connectivity index (χ0v) is 20.0. The first-order valence-corrected chi connectivity index (χ1v) is 11.8. The highest BCUT2D eigenvalue weighted by Gasteiger charge is 2.16. The number of unbranched alkanes of at least 4 members (excludes halogenated alkanes) is 1. The van der Waals surface area contributed by atoms with E-state index in [1.54, 1.807) is 7.11 Å². The highest BCUT2D eigenvalue weighted by molar-refractivity contribution is 5.79. The zero-order chi connectivity index (χ0) is 22.2. The number of hydrogen-bond donors (Lipinski definition) is 2. The third kappa shape index (κ3) is 11.5. The van der Waals surface area contributed by atoms with E-state index in [4.69, 9.17) is 4.74 Å². The van der Waals surface area contributed by atoms with Crippen LogP contribution in [0.1, 0.15) is 24.8 Å². The summed E-state index contributed by atoms with van der Waals surface area (Å²) in [6, 6.07) is 10.8. The summed E-state index contributed by atoms with van der Waals surface area (Å²) in [6.45, 7) is 11.7. The zero-order valence-electron chi connectivity index (χ0n) is 20.0. The van der Waals surface area contributed by atoms with E-state index >= 15 is 0 Å². The summed E-state index contributed by atoms with van der Waals surface area (Å²) in [6.07, 6.45) is 3.47. The maximum atomic E-state index is 5.11. The summed E-state index contributed by atoms with van der Waals surface area (Å²) in [7, 11) is 5.74. The number of piperazine rings is 1. The van der Waals surface area contributed by atoms with Gasteiger partial charge in [0.1, 0.15) is 0 Å². The van der Waals surface area contributed by atoms with E-state index in [9.17, 15) is 0 Å². The van der Waals surface area contributed by atoms with Gasteiger partial charge in [0, 0.05) is 79.7 Å². The van der Waals surface area contributed by atoms with Gasteiger partial charge in [-0.15, -0.1) is 0 Å². The molecule has 0 saturated carbocycles. The fourth-order valence-electron chi connectivity index (χ4n) is 3.86. The molecular weight excluding hydrogens is 388 g/mol. The van der Waals surface area contributed by atoms with Crippen LogP contribution in [0, 0.1) is 0 Å². The van der Waals surface area contributed by atoms with Gasteiger partial charge in [-0.1, -0.05) is 30.3 Å². The smallest absolute Gasteiger partial charge is 0.191 e. The molecule has 7 nitrogen and oxygen atoms in total. The van der Waals surface area contributed by atoms with Gasteiger partial charge in [-0.25, -0.2) is 0 Å². The van der Waals surface area contributed by atoms with E-state index in [1.165, 1.54) is 51.1 Å². The van der Waals surface area contributed by atoms with Crippen molar-refractivity contribution in [3.8, 4) is 0 Å². The monoisotopic (exact) mass is 432 g/mol. The summed E-state index contributed by atoms with van der Waals surface area (Å²) < 4.78 is 5.11. The second kappa shape index (κ2) is 16.0. The quantitative estimate of drug-likeness (QED) is 0.265. The molecule has 0 unspecified atom stereocenters. The molecule has 1 heterocycles. The van der Waals surface area contributed by atoms with Crippen LogP contribution in [0.2, 0.25) is 0 Å². The minimum Gasteiger partial charge on any atom is -0.385 e. The predicted molar refractivity (Wildman–Crippen MR) is 131 cm³/mol. The average Bonchev–Trinajstić information content (AvgIpc) is 2.79. The number of likely N-dealkylation sites (N-methyl/N-ethyl adjacent to an activating group) is 1. The summed E-state index contributed by atoms with van der Waals surface area (Å²) in [5.41, 5.74) is 1.42. The number of hydrogen-bond acceptors (Lipinski definition) is 5. The standard InChI is InChI=1S/C24H44N6O/c1-25-24(27-13-16-28(2)14-9-21-31-3)26-12-7-8-15-29-17-19-30(20-18-29)22-23-10-5-4-6-11-23/h4-6,10-11H,7-9,12-22H2,1-3H3,(H2,25,26,27). The minimum absolute atomic E-state index is 0.824. The van der Waals surface area contributed by atoms with Crippen molar-refractivity contribution in [3.63, 3.8) is 0 Å². The van der Waals surface area contributed by atoms with Crippen molar-refractivity contribution in [1.82, 2.24) is 25.3 Å². The molecule has 0 spiro atoms. The van der Waals surface area contributed by atoms with Gasteiger partial charge in [0.15, 0.2) is 5.96 Å². The van der Waals surface area contributed by atoms with Crippen molar-refractivity contribution in [2.75, 3.05) is 86.7 Å². The first kappa shape index (κ1) is 25.6. The van der Waals surface area contributed by atoms with Crippen LogP contribution in [-0.4, -0.2) is 107 Å². The number of guanidine groups is 1. The van der Waals surface area contributed by atoms with Gasteiger partial charge in [0.2, 0.25) is 0 Å². The van der Waals surface area contributed by atoms with Crippen LogP contribution in [0.15, 0.2) is 35.3 Å². The molecule has 176 valence electrons. The summed E-state index contributed by atoms with van der Waals surface area (Å²) in [5, 5.41) is 6.85. The molecular formula is C24H44N6O. The number of rotatable bonds is 14. The van der Waals surface area contributed by atoms with Crippen molar-refractivity contribution in [2.45, 2.75) is 25.8 Å². The third-order valence-electron chi connectivity index (χ3n) is 5.81. The third-order valence-corrected chi connectivity index (χ3v) is 5.81. The van der Waals surface area contributed by atoms with Crippen LogP contribution in [0.5, 0.6) is 0 Å². The SMILES string of the molecule is CN=C(NCCCCN1CCN(Cc2ccccc2)CC1)NCCN(C)CCCOC. The summed E-state index contributed by atoms with van der Waals surface area (Å²) >= 11 is 0. The topological polar surface area (TPSA) is 55.4 Å². The Balaban J connectivity index is 1.47. The predicted octanol–water partition coefficient (Wildman–Crippen LogP) is 1.72. The maximum Gasteiger partial charge on any atom is 0.191 e. The second-order valence-corrected chi connectivity index (χ2v) is 8.39. The van der Waals surface area contributed by atoms with Gasteiger partial charge in [-0.3, -0.25) is 9.89 Å². The summed E-state index contributed by atoms with van der Waals surface area (Å²) in [4.78, 5) is 11.8. The lowest BCUT2D eigenvalue weighted by atomic mass is 10.2. The highest BCUT2D eigenvalue weighted by atomic mass is 16.5. The molecule has 0 aromatic heterocycles. The lowest BCUT2D eigenvalue weighted by molar-refractivity contribution is 0.126. The molecule has 2 rings (SSSR count). The molecule has 0 radical (unpaired) electrons. The van der Waals surface area contributed by atoms with Crippen LogP contribution in [0.3, 0.4) is 0 Å². The van der Waals surface area contributed by atoms with Gasteiger partial charge < -0.3 is 25.2 Å². The number of nitrogens with zero attached hydrogens (tertiary/aromatic N) is 4. The lowest BCUT2D eigenvalue weighted by Crippen LogP contribution is -2.46. The molecule has 0 bridgehead atoms. The Morgan fingerprint density at radius 3 is 2.39 bits per heavy atom. The number of aliphatic imine (C=N–C) groups is 1. The van der Waals surface area contributed by atoms with Gasteiger partial charge in [0.25, 0.3) is 0 Å². The van der Waals surface area contributed by atoms with Gasteiger partial charge in [-0.05, 0) is 38.4 Å². The molecule has 1 saturated heterocycles. The van der Waals surface area contributed by atoms with E-state index in [2.05, 4.69) is 67.7 Å². The number of ether oxygens (including phenoxy) is 1. The molecule has 2 N–H and O–H groups in total. The Hall–Kier alpha value is -1.67. The van der Waals surface area contributed by atoms with E-state index in [1.807, 2.05) is 7.05 Å². The normalized spacial score (nSPS) is 16.1. The van der Waals surface area contributed by atoms with Crippen LogP contribution in [0.25, 0.3) is 0 Å². The first-order valence-electron chi connectivity index (χ1n) is 11.8. The van der Waals surface area contributed by atoms with Crippen LogP contribution in [0.4, 0.5) is 0 Å². The highest BCUT2D eigenvalue weighted by Crippen LogP contribution is 2.09. The first-order chi connectivity index (χ1) is 15.2.